The molecule has 0 bridgehead atoms. The molecule has 1 saturated carbocycles. The average Bonchev–Trinajstić information content (AvgIpc) is 2.89. The minimum atomic E-state index is -5.08. The Labute approximate surface area is 248 Å². The highest BCUT2D eigenvalue weighted by Gasteiger charge is 2.39. The Morgan fingerprint density at radius 1 is 1.02 bits per heavy atom. The highest BCUT2D eigenvalue weighted by atomic mass is 19.4. The lowest BCUT2D eigenvalue weighted by atomic mass is 9.90. The minimum Gasteiger partial charge on any atom is -0.475 e. The van der Waals surface area contributed by atoms with Crippen LogP contribution in [-0.2, 0) is 9.59 Å². The van der Waals surface area contributed by atoms with Crippen LogP contribution < -0.4 is 21.7 Å². The summed E-state index contributed by atoms with van der Waals surface area (Å²) < 4.78 is 63.5. The van der Waals surface area contributed by atoms with Gasteiger partial charge in [0.1, 0.15) is 5.82 Å². The van der Waals surface area contributed by atoms with Crippen molar-refractivity contribution in [3.63, 3.8) is 0 Å². The molecule has 12 nitrogen and oxygen atoms in total. The second-order valence-corrected chi connectivity index (χ2v) is 9.89. The Morgan fingerprint density at radius 2 is 1.55 bits per heavy atom. The molecule has 1 fully saturated rings. The lowest BCUT2D eigenvalue weighted by Crippen LogP contribution is -2.50. The standard InChI is InChI=1S/C22H33N7O.2C2HF3O2/c1-4-7-14(3)25-21(30)20-26-16-11-10-13(2)12-15(16)19(29-20)27-17-8-5-6-9-18(17)28-22(23)24;2*3-2(4,5)1(6)7/h10-12,14,17-18H,4-9H2,1-3H3,(H,25,30)(H4,23,24,28)(H,26,27,29);2*(H,6,7). The number of nitrogens with two attached hydrogens (primary N) is 1. The van der Waals surface area contributed by atoms with E-state index < -0.39 is 24.3 Å². The molecule has 1 aromatic heterocycles. The van der Waals surface area contributed by atoms with E-state index in [1.807, 2.05) is 32.0 Å². The van der Waals surface area contributed by atoms with E-state index in [1.54, 1.807) is 0 Å². The average molecular weight is 640 g/mol. The van der Waals surface area contributed by atoms with Crippen LogP contribution in [0, 0.1) is 12.3 Å². The van der Waals surface area contributed by atoms with E-state index in [1.165, 1.54) is 0 Å². The van der Waals surface area contributed by atoms with Gasteiger partial charge in [0.05, 0.1) is 5.52 Å². The van der Waals surface area contributed by atoms with Gasteiger partial charge in [-0.25, -0.2) is 19.6 Å². The van der Waals surface area contributed by atoms with Crippen LogP contribution in [0.4, 0.5) is 32.2 Å². The van der Waals surface area contributed by atoms with Gasteiger partial charge in [0.2, 0.25) is 5.82 Å². The molecule has 3 rings (SSSR count). The summed E-state index contributed by atoms with van der Waals surface area (Å²) in [5, 5.41) is 32.3. The first-order valence-electron chi connectivity index (χ1n) is 13.3. The fourth-order valence-electron chi connectivity index (χ4n) is 4.10. The minimum absolute atomic E-state index is 0.0259. The fourth-order valence-corrected chi connectivity index (χ4v) is 4.10. The molecule has 0 saturated heterocycles. The van der Waals surface area contributed by atoms with Gasteiger partial charge in [0, 0.05) is 23.5 Å². The number of aryl methyl sites for hydroxylation is 1. The van der Waals surface area contributed by atoms with Crippen molar-refractivity contribution in [3.05, 3.63) is 29.6 Å². The number of rotatable bonds is 7. The monoisotopic (exact) mass is 639 g/mol. The number of hydrogen-bond donors (Lipinski definition) is 7. The zero-order valence-corrected chi connectivity index (χ0v) is 24.1. The molecule has 1 aromatic carbocycles. The van der Waals surface area contributed by atoms with Crippen molar-refractivity contribution in [2.75, 3.05) is 5.32 Å². The zero-order valence-electron chi connectivity index (χ0n) is 24.1. The van der Waals surface area contributed by atoms with Gasteiger partial charge in [-0.1, -0.05) is 37.8 Å². The number of amides is 1. The van der Waals surface area contributed by atoms with E-state index in [0.29, 0.717) is 5.82 Å². The maximum Gasteiger partial charge on any atom is 0.490 e. The van der Waals surface area contributed by atoms with Crippen LogP contribution in [0.5, 0.6) is 0 Å². The van der Waals surface area contributed by atoms with Gasteiger partial charge in [-0.05, 0) is 45.2 Å². The number of hydrogen-bond acceptors (Lipinski definition) is 7. The van der Waals surface area contributed by atoms with Crippen molar-refractivity contribution in [1.82, 2.24) is 20.6 Å². The molecule has 0 spiro atoms. The number of anilines is 1. The smallest absolute Gasteiger partial charge is 0.475 e. The number of carbonyl (C=O) groups is 3. The normalized spacial score (nSPS) is 17.1. The van der Waals surface area contributed by atoms with Crippen LogP contribution in [0.15, 0.2) is 18.2 Å². The summed E-state index contributed by atoms with van der Waals surface area (Å²) in [5.74, 6) is -4.98. The van der Waals surface area contributed by atoms with Crippen molar-refractivity contribution in [1.29, 1.82) is 5.41 Å². The van der Waals surface area contributed by atoms with Gasteiger partial charge >= 0.3 is 24.3 Å². The Bertz CT molecular complexity index is 1280. The van der Waals surface area contributed by atoms with Crippen molar-refractivity contribution in [2.24, 2.45) is 5.73 Å². The first-order chi connectivity index (χ1) is 20.3. The molecule has 44 heavy (non-hydrogen) atoms. The third kappa shape index (κ3) is 12.9. The summed E-state index contributed by atoms with van der Waals surface area (Å²) in [6.45, 7) is 6.11. The predicted octanol–water partition coefficient (Wildman–Crippen LogP) is 4.33. The predicted molar refractivity (Wildman–Crippen MR) is 148 cm³/mol. The summed E-state index contributed by atoms with van der Waals surface area (Å²) in [7, 11) is 0. The Morgan fingerprint density at radius 3 is 2.02 bits per heavy atom. The van der Waals surface area contributed by atoms with Crippen molar-refractivity contribution in [3.8, 4) is 0 Å². The van der Waals surface area contributed by atoms with E-state index in [2.05, 4.69) is 32.8 Å². The third-order valence-corrected chi connectivity index (χ3v) is 6.07. The Balaban J connectivity index is 0.000000574. The summed E-state index contributed by atoms with van der Waals surface area (Å²) in [5.41, 5.74) is 7.43. The molecule has 1 aliphatic carbocycles. The molecule has 3 unspecified atom stereocenters. The van der Waals surface area contributed by atoms with Crippen molar-refractivity contribution in [2.45, 2.75) is 89.8 Å². The summed E-state index contributed by atoms with van der Waals surface area (Å²) in [6, 6.07) is 6.13. The number of benzene rings is 1. The molecule has 1 aliphatic rings. The van der Waals surface area contributed by atoms with E-state index in [0.717, 1.165) is 55.0 Å². The molecule has 8 N–H and O–H groups in total. The van der Waals surface area contributed by atoms with Gasteiger partial charge in [0.15, 0.2) is 5.96 Å². The number of guanidine groups is 1. The summed E-state index contributed by atoms with van der Waals surface area (Å²) in [4.78, 5) is 39.7. The molecule has 0 radical (unpaired) electrons. The number of carboxylic acid groups (broad SMARTS) is 2. The maximum absolute atomic E-state index is 12.8. The van der Waals surface area contributed by atoms with Crippen LogP contribution in [0.2, 0.25) is 0 Å². The zero-order chi connectivity index (χ0) is 33.8. The van der Waals surface area contributed by atoms with Gasteiger partial charge in [-0.2, -0.15) is 26.3 Å². The molecule has 246 valence electrons. The first kappa shape index (κ1) is 37.6. The number of carbonyl (C=O) groups excluding carboxylic acids is 1. The number of alkyl halides is 6. The number of fused-ring (bicyclic) bond motifs is 1. The molecular formula is C26H35F6N7O5. The third-order valence-electron chi connectivity index (χ3n) is 6.07. The second kappa shape index (κ2) is 16.5. The van der Waals surface area contributed by atoms with Crippen LogP contribution in [0.1, 0.15) is 68.6 Å². The van der Waals surface area contributed by atoms with Crippen LogP contribution in [-0.4, -0.2) is 74.5 Å². The topological polar surface area (TPSA) is 203 Å². The molecule has 18 heteroatoms. The Hall–Kier alpha value is -4.38. The summed E-state index contributed by atoms with van der Waals surface area (Å²) >= 11 is 0. The summed E-state index contributed by atoms with van der Waals surface area (Å²) in [6.07, 6.45) is -4.20. The number of halogens is 6. The highest BCUT2D eigenvalue weighted by Crippen LogP contribution is 2.27. The molecule has 1 heterocycles. The molecule has 0 aliphatic heterocycles. The lowest BCUT2D eigenvalue weighted by Gasteiger charge is -2.33. The van der Waals surface area contributed by atoms with Gasteiger partial charge in [-0.15, -0.1) is 0 Å². The SMILES string of the molecule is CCCC(C)NC(=O)c1nc(NC2CCCCC2NC(=N)N)c2cc(C)ccc2n1.O=C(O)C(F)(F)F.O=C(O)C(F)(F)F. The van der Waals surface area contributed by atoms with E-state index in [4.69, 9.17) is 30.9 Å². The quantitative estimate of drug-likeness (QED) is 0.130. The van der Waals surface area contributed by atoms with Crippen LogP contribution in [0.25, 0.3) is 10.9 Å². The number of nitrogens with one attached hydrogen (secondary N) is 4. The van der Waals surface area contributed by atoms with Crippen LogP contribution in [0.3, 0.4) is 0 Å². The van der Waals surface area contributed by atoms with E-state index in [-0.39, 0.29) is 35.8 Å². The Kier molecular flexibility index (Phi) is 14.1. The molecule has 2 aromatic rings. The van der Waals surface area contributed by atoms with Crippen molar-refractivity contribution >= 4 is 40.5 Å². The number of nitrogens with zero attached hydrogens (tertiary/aromatic N) is 2. The van der Waals surface area contributed by atoms with Crippen LogP contribution >= 0.6 is 0 Å². The van der Waals surface area contributed by atoms with Gasteiger partial charge in [-0.3, -0.25) is 10.2 Å². The van der Waals surface area contributed by atoms with E-state index >= 15 is 0 Å². The van der Waals surface area contributed by atoms with Gasteiger partial charge < -0.3 is 31.9 Å². The van der Waals surface area contributed by atoms with Gasteiger partial charge in [0.25, 0.3) is 5.91 Å². The fraction of sp³-hybridized carbons (Fsp3) is 0.538. The largest absolute Gasteiger partial charge is 0.490 e. The first-order valence-corrected chi connectivity index (χ1v) is 13.3. The maximum atomic E-state index is 12.8. The molecular weight excluding hydrogens is 604 g/mol. The molecule has 3 atom stereocenters. The lowest BCUT2D eigenvalue weighted by molar-refractivity contribution is -0.193. The number of aromatic nitrogens is 2. The second-order valence-electron chi connectivity index (χ2n) is 9.89. The highest BCUT2D eigenvalue weighted by molar-refractivity contribution is 5.96. The number of aliphatic carboxylic acids is 2. The van der Waals surface area contributed by atoms with Crippen molar-refractivity contribution < 1.29 is 50.9 Å². The molecule has 1 amide bonds. The number of carboxylic acids is 2. The van der Waals surface area contributed by atoms with E-state index in [9.17, 15) is 31.1 Å².